The molecule has 394 valence electrons. The van der Waals surface area contributed by atoms with Crippen molar-refractivity contribution in [2.75, 3.05) is 13.2 Å². The number of ether oxygens (including phenoxy) is 3. The van der Waals surface area contributed by atoms with Gasteiger partial charge in [-0.15, -0.1) is 0 Å². The van der Waals surface area contributed by atoms with Crippen LogP contribution in [0.5, 0.6) is 0 Å². The summed E-state index contributed by atoms with van der Waals surface area (Å²) in [6.45, 7) is 6.14. The van der Waals surface area contributed by atoms with Gasteiger partial charge >= 0.3 is 17.9 Å². The van der Waals surface area contributed by atoms with Crippen molar-refractivity contribution in [3.8, 4) is 0 Å². The first-order chi connectivity index (χ1) is 35.0. The van der Waals surface area contributed by atoms with Crippen LogP contribution in [0.1, 0.15) is 201 Å². The quantitative estimate of drug-likeness (QED) is 0.0262. The Bertz CT molecular complexity index is 1690. The fourth-order valence-electron chi connectivity index (χ4n) is 6.71. The van der Waals surface area contributed by atoms with Gasteiger partial charge in [-0.2, -0.15) is 0 Å². The Morgan fingerprint density at radius 3 is 0.873 bits per heavy atom. The Kier molecular flexibility index (Phi) is 53.1. The van der Waals surface area contributed by atoms with E-state index < -0.39 is 12.1 Å². The summed E-state index contributed by atoms with van der Waals surface area (Å²) in [5, 5.41) is 0. The van der Waals surface area contributed by atoms with E-state index >= 15 is 0 Å². The van der Waals surface area contributed by atoms with Gasteiger partial charge in [0.05, 0.1) is 6.42 Å². The maximum Gasteiger partial charge on any atom is 0.310 e. The van der Waals surface area contributed by atoms with Crippen molar-refractivity contribution in [3.05, 3.63) is 170 Å². The fraction of sp³-hybridized carbons (Fsp3) is 0.523. The molecular formula is C65H98O6. The largest absolute Gasteiger partial charge is 0.462 e. The molecule has 0 saturated carbocycles. The first-order valence-corrected chi connectivity index (χ1v) is 27.6. The van der Waals surface area contributed by atoms with Crippen molar-refractivity contribution in [1.82, 2.24) is 0 Å². The van der Waals surface area contributed by atoms with Gasteiger partial charge in [0.1, 0.15) is 13.2 Å². The number of hydrogen-bond acceptors (Lipinski definition) is 6. The second kappa shape index (κ2) is 57.3. The van der Waals surface area contributed by atoms with E-state index in [4.69, 9.17) is 14.2 Å². The van der Waals surface area contributed by atoms with Gasteiger partial charge in [-0.05, 0) is 128 Å². The number of carbonyl (C=O) groups is 3. The molecule has 0 aromatic rings. The average molecular weight is 975 g/mol. The Balaban J connectivity index is 4.52. The van der Waals surface area contributed by atoms with Gasteiger partial charge in [-0.1, -0.05) is 223 Å². The van der Waals surface area contributed by atoms with E-state index in [0.29, 0.717) is 19.3 Å². The lowest BCUT2D eigenvalue weighted by atomic mass is 10.1. The molecule has 0 N–H and O–H groups in total. The molecule has 0 aromatic heterocycles. The molecular weight excluding hydrogens is 877 g/mol. The summed E-state index contributed by atoms with van der Waals surface area (Å²) < 4.78 is 16.7. The first-order valence-electron chi connectivity index (χ1n) is 27.6. The second-order valence-corrected chi connectivity index (χ2v) is 17.4. The van der Waals surface area contributed by atoms with E-state index in [1.165, 1.54) is 12.8 Å². The first kappa shape index (κ1) is 65.8. The van der Waals surface area contributed by atoms with Crippen LogP contribution in [0.25, 0.3) is 0 Å². The number of unbranched alkanes of at least 4 members (excludes halogenated alkanes) is 9. The summed E-state index contributed by atoms with van der Waals surface area (Å²) in [4.78, 5) is 38.0. The number of carbonyl (C=O) groups excluding carboxylic acids is 3. The molecule has 1 atom stereocenters. The summed E-state index contributed by atoms with van der Waals surface area (Å²) in [6.07, 6.45) is 85.1. The van der Waals surface area contributed by atoms with Crippen LogP contribution >= 0.6 is 0 Å². The maximum atomic E-state index is 12.8. The molecule has 0 fully saturated rings. The molecule has 1 unspecified atom stereocenters. The molecule has 0 rings (SSSR count). The van der Waals surface area contributed by atoms with E-state index in [9.17, 15) is 14.4 Å². The van der Waals surface area contributed by atoms with Crippen LogP contribution in [0.15, 0.2) is 170 Å². The van der Waals surface area contributed by atoms with Crippen molar-refractivity contribution < 1.29 is 28.6 Å². The normalized spacial score (nSPS) is 13.5. The van der Waals surface area contributed by atoms with Gasteiger partial charge in [-0.3, -0.25) is 14.4 Å². The van der Waals surface area contributed by atoms with Crippen LogP contribution in [0.3, 0.4) is 0 Å². The Morgan fingerprint density at radius 2 is 0.549 bits per heavy atom. The predicted octanol–water partition coefficient (Wildman–Crippen LogP) is 18.8. The summed E-state index contributed by atoms with van der Waals surface area (Å²) in [6, 6.07) is 0. The highest BCUT2D eigenvalue weighted by Gasteiger charge is 2.19. The molecule has 0 bridgehead atoms. The lowest BCUT2D eigenvalue weighted by molar-refractivity contribution is -0.166. The number of allylic oxidation sites excluding steroid dienone is 27. The van der Waals surface area contributed by atoms with Crippen molar-refractivity contribution in [2.45, 2.75) is 207 Å². The van der Waals surface area contributed by atoms with Gasteiger partial charge < -0.3 is 14.2 Å². The van der Waals surface area contributed by atoms with Crippen LogP contribution in [-0.2, 0) is 28.6 Å². The third kappa shape index (κ3) is 55.6. The van der Waals surface area contributed by atoms with E-state index in [-0.39, 0.29) is 31.6 Å². The summed E-state index contributed by atoms with van der Waals surface area (Å²) >= 11 is 0. The lowest BCUT2D eigenvalue weighted by Crippen LogP contribution is -2.30. The van der Waals surface area contributed by atoms with Gasteiger partial charge in [0.15, 0.2) is 6.10 Å². The molecule has 0 amide bonds. The third-order valence-corrected chi connectivity index (χ3v) is 10.7. The third-order valence-electron chi connectivity index (χ3n) is 10.7. The zero-order valence-electron chi connectivity index (χ0n) is 44.9. The fourth-order valence-corrected chi connectivity index (χ4v) is 6.71. The van der Waals surface area contributed by atoms with Crippen LogP contribution in [-0.4, -0.2) is 37.2 Å². The van der Waals surface area contributed by atoms with Gasteiger partial charge in [0.2, 0.25) is 0 Å². The van der Waals surface area contributed by atoms with E-state index in [1.807, 2.05) is 6.08 Å². The van der Waals surface area contributed by atoms with Gasteiger partial charge in [-0.25, -0.2) is 0 Å². The summed E-state index contributed by atoms with van der Waals surface area (Å²) in [7, 11) is 0. The predicted molar refractivity (Wildman–Crippen MR) is 306 cm³/mol. The second-order valence-electron chi connectivity index (χ2n) is 17.4. The maximum absolute atomic E-state index is 12.8. The molecule has 0 aliphatic rings. The summed E-state index contributed by atoms with van der Waals surface area (Å²) in [5.74, 6) is -1.13. The zero-order chi connectivity index (χ0) is 51.4. The number of esters is 3. The lowest BCUT2D eigenvalue weighted by Gasteiger charge is -2.18. The van der Waals surface area contributed by atoms with E-state index in [2.05, 4.69) is 179 Å². The van der Waals surface area contributed by atoms with Crippen molar-refractivity contribution in [2.24, 2.45) is 0 Å². The van der Waals surface area contributed by atoms with Crippen LogP contribution in [0.4, 0.5) is 0 Å². The molecule has 0 saturated heterocycles. The van der Waals surface area contributed by atoms with E-state index in [0.717, 1.165) is 141 Å². The molecule has 0 aliphatic carbocycles. The standard InChI is InChI=1S/C65H98O6/c1-4-7-10-13-16-19-22-25-27-28-29-30-31-32-33-34-35-36-38-40-43-46-49-52-55-58-64(67)70-61-62(60-69-63(66)57-54-51-48-45-42-39-24-21-18-15-12-9-6-3)71-65(68)59-56-53-50-47-44-41-37-26-23-20-17-14-11-8-5-2/h7-12,16-21,25-27,29-30,32-33,35-37,39,42,44,47,53,56,62H,4-6,13-15,22-24,28,31,34,38,40-41,43,45-46,48-52,54-55,57-61H2,1-3H3/b10-7-,11-8-,12-9-,19-16-,20-17-,21-18-,27-25-,30-29-,33-32-,36-35-,37-26-,42-39-,47-44-,56-53-. The monoisotopic (exact) mass is 975 g/mol. The minimum Gasteiger partial charge on any atom is -0.462 e. The Labute approximate surface area is 434 Å². The molecule has 0 aliphatic heterocycles. The zero-order valence-corrected chi connectivity index (χ0v) is 44.9. The van der Waals surface area contributed by atoms with Crippen LogP contribution in [0.2, 0.25) is 0 Å². The molecule has 71 heavy (non-hydrogen) atoms. The minimum absolute atomic E-state index is 0.0777. The molecule has 6 heteroatoms. The van der Waals surface area contributed by atoms with Crippen LogP contribution in [0, 0.1) is 0 Å². The average Bonchev–Trinajstić information content (AvgIpc) is 3.37. The smallest absolute Gasteiger partial charge is 0.310 e. The minimum atomic E-state index is -0.860. The topological polar surface area (TPSA) is 78.9 Å². The highest BCUT2D eigenvalue weighted by molar-refractivity contribution is 5.72. The van der Waals surface area contributed by atoms with Crippen LogP contribution < -0.4 is 0 Å². The summed E-state index contributed by atoms with van der Waals surface area (Å²) in [5.41, 5.74) is 0. The number of hydrogen-bond donors (Lipinski definition) is 0. The van der Waals surface area contributed by atoms with Gasteiger partial charge in [0.25, 0.3) is 0 Å². The molecule has 6 nitrogen and oxygen atoms in total. The Hall–Kier alpha value is -5.23. The molecule has 0 heterocycles. The highest BCUT2D eigenvalue weighted by atomic mass is 16.6. The molecule has 0 radical (unpaired) electrons. The van der Waals surface area contributed by atoms with Gasteiger partial charge in [0, 0.05) is 12.8 Å². The van der Waals surface area contributed by atoms with E-state index in [1.54, 1.807) is 6.08 Å². The van der Waals surface area contributed by atoms with Crippen molar-refractivity contribution in [3.63, 3.8) is 0 Å². The highest BCUT2D eigenvalue weighted by Crippen LogP contribution is 2.12. The van der Waals surface area contributed by atoms with Crippen molar-refractivity contribution in [1.29, 1.82) is 0 Å². The SMILES string of the molecule is CC/C=C\C/C=C\C/C=C\C/C=C\C/C=C\C/C=C\CCCCCCCCC(=O)OCC(COC(=O)CCCCC/C=C\C/C=C\C/C=C\CC)OC(=O)C/C=C\C/C=C\C/C=C\C/C=C\C/C=C\CC. The Morgan fingerprint density at radius 1 is 0.296 bits per heavy atom. The van der Waals surface area contributed by atoms with Crippen molar-refractivity contribution >= 4 is 17.9 Å². The number of rotatable bonds is 47. The molecule has 0 spiro atoms. The molecule has 0 aromatic carbocycles.